The van der Waals surface area contributed by atoms with Crippen molar-refractivity contribution in [2.45, 2.75) is 13.3 Å². The molecule has 1 amide bonds. The van der Waals surface area contributed by atoms with E-state index in [1.807, 2.05) is 18.9 Å². The number of nitrogens with two attached hydrogens (primary N) is 1. The van der Waals surface area contributed by atoms with Crippen LogP contribution in [0.15, 0.2) is 18.2 Å². The summed E-state index contributed by atoms with van der Waals surface area (Å²) in [6, 6.07) is 3.91. The molecule has 20 heavy (non-hydrogen) atoms. The standard InChI is InChI=1S/C14H22FN3O2/c1-3-20-9-8-18(2)7-6-14(19)17-13-5-4-11(15)10-12(13)16/h4-5,10H,3,6-9,16H2,1-2H3,(H,17,19). The number of carbonyl (C=O) groups excluding carboxylic acids is 1. The molecule has 5 nitrogen and oxygen atoms in total. The Hall–Kier alpha value is -1.66. The van der Waals surface area contributed by atoms with Gasteiger partial charge in [-0.05, 0) is 32.2 Å². The van der Waals surface area contributed by atoms with Crippen LogP contribution in [0, 0.1) is 5.82 Å². The number of nitrogen functional groups attached to an aromatic ring is 1. The highest BCUT2D eigenvalue weighted by atomic mass is 19.1. The van der Waals surface area contributed by atoms with Gasteiger partial charge in [-0.15, -0.1) is 0 Å². The third-order valence-corrected chi connectivity index (χ3v) is 2.83. The second-order valence-electron chi connectivity index (χ2n) is 4.53. The number of nitrogens with one attached hydrogen (secondary N) is 1. The van der Waals surface area contributed by atoms with Crippen molar-refractivity contribution in [3.63, 3.8) is 0 Å². The summed E-state index contributed by atoms with van der Waals surface area (Å²) in [7, 11) is 1.93. The van der Waals surface area contributed by atoms with E-state index in [1.165, 1.54) is 18.2 Å². The lowest BCUT2D eigenvalue weighted by Gasteiger charge is -2.16. The van der Waals surface area contributed by atoms with Crippen LogP contribution in [-0.4, -0.2) is 44.2 Å². The number of carbonyl (C=O) groups is 1. The second-order valence-corrected chi connectivity index (χ2v) is 4.53. The van der Waals surface area contributed by atoms with Gasteiger partial charge in [-0.25, -0.2) is 4.39 Å². The molecule has 0 unspecified atom stereocenters. The molecule has 0 spiro atoms. The molecule has 0 aromatic heterocycles. The summed E-state index contributed by atoms with van der Waals surface area (Å²) < 4.78 is 18.1. The summed E-state index contributed by atoms with van der Waals surface area (Å²) in [5, 5.41) is 2.67. The largest absolute Gasteiger partial charge is 0.397 e. The SMILES string of the molecule is CCOCCN(C)CCC(=O)Nc1ccc(F)cc1N. The maximum Gasteiger partial charge on any atom is 0.225 e. The van der Waals surface area contributed by atoms with Gasteiger partial charge in [-0.3, -0.25) is 4.79 Å². The maximum absolute atomic E-state index is 12.9. The fourth-order valence-electron chi connectivity index (χ4n) is 1.63. The number of ether oxygens (including phenoxy) is 1. The first kappa shape index (κ1) is 16.4. The summed E-state index contributed by atoms with van der Waals surface area (Å²) in [6.45, 7) is 4.69. The summed E-state index contributed by atoms with van der Waals surface area (Å²) in [5.41, 5.74) is 6.29. The van der Waals surface area contributed by atoms with Gasteiger partial charge >= 0.3 is 0 Å². The summed E-state index contributed by atoms with van der Waals surface area (Å²) in [4.78, 5) is 13.8. The number of rotatable bonds is 8. The molecule has 0 saturated heterocycles. The zero-order valence-corrected chi connectivity index (χ0v) is 12.0. The molecule has 0 atom stereocenters. The van der Waals surface area contributed by atoms with E-state index in [9.17, 15) is 9.18 Å². The molecule has 112 valence electrons. The molecule has 0 radical (unpaired) electrons. The first-order valence-corrected chi connectivity index (χ1v) is 6.64. The second kappa shape index (κ2) is 8.50. The van der Waals surface area contributed by atoms with Crippen LogP contribution in [0.25, 0.3) is 0 Å². The molecule has 1 rings (SSSR count). The van der Waals surface area contributed by atoms with Gasteiger partial charge in [0.25, 0.3) is 0 Å². The minimum atomic E-state index is -0.420. The molecule has 0 aliphatic carbocycles. The molecule has 1 aromatic rings. The normalized spacial score (nSPS) is 10.8. The van der Waals surface area contributed by atoms with E-state index in [2.05, 4.69) is 5.32 Å². The Morgan fingerprint density at radius 2 is 2.20 bits per heavy atom. The minimum absolute atomic E-state index is 0.147. The molecular formula is C14H22FN3O2. The number of nitrogens with zero attached hydrogens (tertiary/aromatic N) is 1. The Morgan fingerprint density at radius 1 is 1.45 bits per heavy atom. The van der Waals surface area contributed by atoms with Crippen LogP contribution in [0.5, 0.6) is 0 Å². The van der Waals surface area contributed by atoms with Crippen LogP contribution in [-0.2, 0) is 9.53 Å². The molecule has 0 bridgehead atoms. The van der Waals surface area contributed by atoms with Gasteiger partial charge in [-0.2, -0.15) is 0 Å². The van der Waals surface area contributed by atoms with E-state index in [-0.39, 0.29) is 11.6 Å². The molecule has 0 saturated carbocycles. The van der Waals surface area contributed by atoms with Crippen molar-refractivity contribution in [2.75, 3.05) is 44.4 Å². The van der Waals surface area contributed by atoms with Crippen LogP contribution in [0.3, 0.4) is 0 Å². The molecular weight excluding hydrogens is 261 g/mol. The highest BCUT2D eigenvalue weighted by molar-refractivity contribution is 5.93. The molecule has 6 heteroatoms. The van der Waals surface area contributed by atoms with E-state index < -0.39 is 5.82 Å². The average molecular weight is 283 g/mol. The lowest BCUT2D eigenvalue weighted by molar-refractivity contribution is -0.116. The van der Waals surface area contributed by atoms with E-state index in [0.29, 0.717) is 31.9 Å². The maximum atomic E-state index is 12.9. The lowest BCUT2D eigenvalue weighted by atomic mass is 10.2. The Balaban J connectivity index is 2.33. The monoisotopic (exact) mass is 283 g/mol. The van der Waals surface area contributed by atoms with Gasteiger partial charge < -0.3 is 20.7 Å². The average Bonchev–Trinajstić information content (AvgIpc) is 2.40. The van der Waals surface area contributed by atoms with Gasteiger partial charge in [-0.1, -0.05) is 0 Å². The lowest BCUT2D eigenvalue weighted by Crippen LogP contribution is -2.27. The summed E-state index contributed by atoms with van der Waals surface area (Å²) in [5.74, 6) is -0.567. The highest BCUT2D eigenvalue weighted by Gasteiger charge is 2.07. The van der Waals surface area contributed by atoms with Gasteiger partial charge in [0.2, 0.25) is 5.91 Å². The number of hydrogen-bond acceptors (Lipinski definition) is 4. The quantitative estimate of drug-likeness (QED) is 0.563. The topological polar surface area (TPSA) is 67.6 Å². The Morgan fingerprint density at radius 3 is 2.85 bits per heavy atom. The summed E-state index contributed by atoms with van der Waals surface area (Å²) in [6.07, 6.45) is 0.347. The highest BCUT2D eigenvalue weighted by Crippen LogP contribution is 2.19. The van der Waals surface area contributed by atoms with E-state index in [0.717, 1.165) is 6.54 Å². The van der Waals surface area contributed by atoms with Crippen molar-refractivity contribution in [3.8, 4) is 0 Å². The first-order chi connectivity index (χ1) is 9.52. The Bertz CT molecular complexity index is 440. The summed E-state index contributed by atoms with van der Waals surface area (Å²) >= 11 is 0. The van der Waals surface area contributed by atoms with Crippen molar-refractivity contribution < 1.29 is 13.9 Å². The predicted molar refractivity (Wildman–Crippen MR) is 78.0 cm³/mol. The first-order valence-electron chi connectivity index (χ1n) is 6.64. The van der Waals surface area contributed by atoms with Crippen molar-refractivity contribution in [1.82, 2.24) is 4.90 Å². The van der Waals surface area contributed by atoms with Crippen LogP contribution >= 0.6 is 0 Å². The zero-order chi connectivity index (χ0) is 15.0. The minimum Gasteiger partial charge on any atom is -0.397 e. The van der Waals surface area contributed by atoms with Crippen LogP contribution in [0.4, 0.5) is 15.8 Å². The van der Waals surface area contributed by atoms with Crippen LogP contribution in [0.2, 0.25) is 0 Å². The van der Waals surface area contributed by atoms with Crippen LogP contribution < -0.4 is 11.1 Å². The number of amides is 1. The predicted octanol–water partition coefficient (Wildman–Crippen LogP) is 1.70. The van der Waals surface area contributed by atoms with E-state index >= 15 is 0 Å². The van der Waals surface area contributed by atoms with Crippen molar-refractivity contribution >= 4 is 17.3 Å². The third kappa shape index (κ3) is 5.99. The zero-order valence-electron chi connectivity index (χ0n) is 12.0. The number of likely N-dealkylation sites (N-methyl/N-ethyl adjacent to an activating group) is 1. The molecule has 0 aliphatic heterocycles. The Kier molecular flexibility index (Phi) is 6.97. The van der Waals surface area contributed by atoms with Gasteiger partial charge in [0.1, 0.15) is 5.82 Å². The number of halogens is 1. The van der Waals surface area contributed by atoms with Crippen molar-refractivity contribution in [2.24, 2.45) is 0 Å². The van der Waals surface area contributed by atoms with E-state index in [1.54, 1.807) is 0 Å². The smallest absolute Gasteiger partial charge is 0.225 e. The van der Waals surface area contributed by atoms with Crippen molar-refractivity contribution in [1.29, 1.82) is 0 Å². The number of anilines is 2. The number of benzene rings is 1. The molecule has 3 N–H and O–H groups in total. The van der Waals surface area contributed by atoms with Crippen LogP contribution in [0.1, 0.15) is 13.3 Å². The fraction of sp³-hybridized carbons (Fsp3) is 0.500. The molecule has 0 heterocycles. The molecule has 0 fully saturated rings. The van der Waals surface area contributed by atoms with E-state index in [4.69, 9.17) is 10.5 Å². The fourth-order valence-corrected chi connectivity index (χ4v) is 1.63. The third-order valence-electron chi connectivity index (χ3n) is 2.83. The van der Waals surface area contributed by atoms with Crippen molar-refractivity contribution in [3.05, 3.63) is 24.0 Å². The Labute approximate surface area is 118 Å². The van der Waals surface area contributed by atoms with Gasteiger partial charge in [0.05, 0.1) is 18.0 Å². The molecule has 0 aliphatic rings. The number of hydrogen-bond donors (Lipinski definition) is 2. The van der Waals surface area contributed by atoms with Gasteiger partial charge in [0.15, 0.2) is 0 Å². The van der Waals surface area contributed by atoms with Gasteiger partial charge in [0, 0.05) is 26.1 Å². The molecule has 1 aromatic carbocycles.